The predicted octanol–water partition coefficient (Wildman–Crippen LogP) is 2.82. The molecule has 8 nitrogen and oxygen atoms in total. The second-order valence-electron chi connectivity index (χ2n) is 6.92. The van der Waals surface area contributed by atoms with Crippen LogP contribution < -0.4 is 10.9 Å². The smallest absolute Gasteiger partial charge is 0.305 e. The van der Waals surface area contributed by atoms with E-state index in [9.17, 15) is 18.0 Å². The minimum absolute atomic E-state index is 0.114. The minimum Gasteiger partial charge on any atom is -0.455 e. The number of nitrogens with zero attached hydrogens (tertiary/aromatic N) is 1. The molecular formula is C22H19N3O5S. The van der Waals surface area contributed by atoms with Crippen molar-refractivity contribution in [2.45, 2.75) is 10.6 Å². The van der Waals surface area contributed by atoms with E-state index >= 15 is 0 Å². The molecule has 0 aliphatic carbocycles. The summed E-state index contributed by atoms with van der Waals surface area (Å²) in [5.41, 5.74) is 5.94. The summed E-state index contributed by atoms with van der Waals surface area (Å²) in [4.78, 5) is 25.0. The van der Waals surface area contributed by atoms with E-state index in [1.807, 2.05) is 35.9 Å². The molecule has 0 aliphatic heterocycles. The maximum absolute atomic E-state index is 12.5. The molecule has 9 heteroatoms. The largest absolute Gasteiger partial charge is 0.455 e. The van der Waals surface area contributed by atoms with Gasteiger partial charge in [-0.3, -0.25) is 20.4 Å². The molecular weight excluding hydrogens is 418 g/mol. The van der Waals surface area contributed by atoms with Gasteiger partial charge in [-0.25, -0.2) is 8.42 Å². The molecule has 4 aromatic rings. The molecule has 0 unspecified atom stereocenters. The standard InChI is InChI=1S/C22H19N3O5S/c1-25-13-18(17-9-5-6-10-19(17)25)21(26)23-24-22(27)20-12-11-15(30-20)14-31(28,29)16-7-3-2-4-8-16/h2-13H,14H2,1H3,(H,23,26)(H,24,27). The predicted molar refractivity (Wildman–Crippen MR) is 114 cm³/mol. The highest BCUT2D eigenvalue weighted by atomic mass is 32.2. The van der Waals surface area contributed by atoms with Gasteiger partial charge in [-0.1, -0.05) is 36.4 Å². The van der Waals surface area contributed by atoms with Crippen LogP contribution in [0.15, 0.2) is 82.2 Å². The fourth-order valence-electron chi connectivity index (χ4n) is 3.24. The molecule has 0 saturated carbocycles. The SMILES string of the molecule is Cn1cc(C(=O)NNC(=O)c2ccc(CS(=O)(=O)c3ccccc3)o2)c2ccccc21. The van der Waals surface area contributed by atoms with Crippen LogP contribution in [0.3, 0.4) is 0 Å². The highest BCUT2D eigenvalue weighted by Gasteiger charge is 2.20. The van der Waals surface area contributed by atoms with Crippen LogP contribution in [0, 0.1) is 0 Å². The molecule has 2 N–H and O–H groups in total. The number of aryl methyl sites for hydroxylation is 1. The number of sulfone groups is 1. The van der Waals surface area contributed by atoms with E-state index in [2.05, 4.69) is 10.9 Å². The van der Waals surface area contributed by atoms with Gasteiger partial charge in [0.15, 0.2) is 15.6 Å². The van der Waals surface area contributed by atoms with Crippen LogP contribution in [-0.2, 0) is 22.6 Å². The Morgan fingerprint density at radius 1 is 0.903 bits per heavy atom. The number of carbonyl (C=O) groups is 2. The molecule has 0 saturated heterocycles. The normalized spacial score (nSPS) is 11.4. The van der Waals surface area contributed by atoms with Crippen LogP contribution in [0.2, 0.25) is 0 Å². The molecule has 158 valence electrons. The summed E-state index contributed by atoms with van der Waals surface area (Å²) in [5, 5.41) is 0.753. The van der Waals surface area contributed by atoms with E-state index in [-0.39, 0.29) is 22.2 Å². The molecule has 0 bridgehead atoms. The Bertz CT molecular complexity index is 1370. The van der Waals surface area contributed by atoms with Crippen molar-refractivity contribution in [2.24, 2.45) is 7.05 Å². The van der Waals surface area contributed by atoms with Crippen LogP contribution in [0.5, 0.6) is 0 Å². The van der Waals surface area contributed by atoms with Gasteiger partial charge >= 0.3 is 5.91 Å². The molecule has 2 heterocycles. The summed E-state index contributed by atoms with van der Waals surface area (Å²) in [6.07, 6.45) is 1.67. The van der Waals surface area contributed by atoms with Crippen molar-refractivity contribution in [2.75, 3.05) is 0 Å². The maximum atomic E-state index is 12.5. The van der Waals surface area contributed by atoms with E-state index in [0.29, 0.717) is 5.56 Å². The lowest BCUT2D eigenvalue weighted by Gasteiger charge is -2.05. The number of nitrogens with one attached hydrogen (secondary N) is 2. The van der Waals surface area contributed by atoms with Crippen molar-refractivity contribution in [3.05, 3.63) is 90.0 Å². The second kappa shape index (κ2) is 8.11. The van der Waals surface area contributed by atoms with Gasteiger partial charge < -0.3 is 8.98 Å². The Morgan fingerprint density at radius 2 is 1.58 bits per heavy atom. The average Bonchev–Trinajstić information content (AvgIpc) is 3.37. The van der Waals surface area contributed by atoms with Gasteiger partial charge in [-0.15, -0.1) is 0 Å². The molecule has 0 spiro atoms. The van der Waals surface area contributed by atoms with E-state index < -0.39 is 21.7 Å². The Hall–Kier alpha value is -3.85. The number of furan rings is 1. The molecule has 0 radical (unpaired) electrons. The van der Waals surface area contributed by atoms with Crippen molar-refractivity contribution in [3.63, 3.8) is 0 Å². The zero-order valence-electron chi connectivity index (χ0n) is 16.5. The summed E-state index contributed by atoms with van der Waals surface area (Å²) in [5.74, 6) is -1.56. The lowest BCUT2D eigenvalue weighted by atomic mass is 10.2. The first-order valence-electron chi connectivity index (χ1n) is 9.36. The number of rotatable bonds is 5. The van der Waals surface area contributed by atoms with Crippen LogP contribution in [0.4, 0.5) is 0 Å². The summed E-state index contributed by atoms with van der Waals surface area (Å²) < 4.78 is 32.1. The zero-order chi connectivity index (χ0) is 22.0. The van der Waals surface area contributed by atoms with Gasteiger partial charge in [0.05, 0.1) is 10.5 Å². The minimum atomic E-state index is -3.60. The summed E-state index contributed by atoms with van der Waals surface area (Å²) in [6.45, 7) is 0. The highest BCUT2D eigenvalue weighted by Crippen LogP contribution is 2.20. The maximum Gasteiger partial charge on any atom is 0.305 e. The quantitative estimate of drug-likeness (QED) is 0.467. The van der Waals surface area contributed by atoms with Crippen molar-refractivity contribution in [1.82, 2.24) is 15.4 Å². The fourth-order valence-corrected chi connectivity index (χ4v) is 4.51. The fraction of sp³-hybridized carbons (Fsp3) is 0.0909. The van der Waals surface area contributed by atoms with Gasteiger partial charge in [0.1, 0.15) is 11.5 Å². The van der Waals surface area contributed by atoms with Gasteiger partial charge in [0.25, 0.3) is 5.91 Å². The zero-order valence-corrected chi connectivity index (χ0v) is 17.3. The van der Waals surface area contributed by atoms with Crippen LogP contribution in [-0.4, -0.2) is 24.8 Å². The third kappa shape index (κ3) is 4.22. The molecule has 0 fully saturated rings. The summed E-state index contributed by atoms with van der Waals surface area (Å²) in [7, 11) is -1.78. The molecule has 0 atom stereocenters. The summed E-state index contributed by atoms with van der Waals surface area (Å²) in [6, 6.07) is 18.2. The molecule has 31 heavy (non-hydrogen) atoms. The third-order valence-electron chi connectivity index (χ3n) is 4.75. The number of benzene rings is 2. The molecule has 2 amide bonds. The van der Waals surface area contributed by atoms with Gasteiger partial charge in [-0.2, -0.15) is 0 Å². The van der Waals surface area contributed by atoms with Gasteiger partial charge in [-0.05, 0) is 30.3 Å². The first kappa shape index (κ1) is 20.4. The van der Waals surface area contributed by atoms with E-state index in [1.54, 1.807) is 24.4 Å². The Balaban J connectivity index is 1.42. The van der Waals surface area contributed by atoms with Crippen molar-refractivity contribution in [1.29, 1.82) is 0 Å². The van der Waals surface area contributed by atoms with E-state index in [1.165, 1.54) is 24.3 Å². The van der Waals surface area contributed by atoms with Gasteiger partial charge in [0, 0.05) is 24.1 Å². The number of carbonyl (C=O) groups excluding carboxylic acids is 2. The van der Waals surface area contributed by atoms with Crippen LogP contribution in [0.1, 0.15) is 26.7 Å². The number of hydrogen-bond donors (Lipinski definition) is 2. The number of hydrogen-bond acceptors (Lipinski definition) is 5. The number of amides is 2. The third-order valence-corrected chi connectivity index (χ3v) is 6.41. The Kier molecular flexibility index (Phi) is 5.35. The number of para-hydroxylation sites is 1. The second-order valence-corrected chi connectivity index (χ2v) is 8.91. The summed E-state index contributed by atoms with van der Waals surface area (Å²) >= 11 is 0. The first-order valence-corrected chi connectivity index (χ1v) is 11.0. The molecule has 2 aromatic carbocycles. The van der Waals surface area contributed by atoms with E-state index in [4.69, 9.17) is 4.42 Å². The number of aromatic nitrogens is 1. The molecule has 0 aliphatic rings. The highest BCUT2D eigenvalue weighted by molar-refractivity contribution is 7.90. The van der Waals surface area contributed by atoms with Crippen molar-refractivity contribution >= 4 is 32.6 Å². The van der Waals surface area contributed by atoms with Crippen LogP contribution in [0.25, 0.3) is 10.9 Å². The Morgan fingerprint density at radius 3 is 2.35 bits per heavy atom. The Labute approximate surface area is 178 Å². The van der Waals surface area contributed by atoms with Crippen molar-refractivity contribution in [3.8, 4) is 0 Å². The lowest BCUT2D eigenvalue weighted by Crippen LogP contribution is -2.41. The van der Waals surface area contributed by atoms with Gasteiger partial charge in [0.2, 0.25) is 0 Å². The first-order chi connectivity index (χ1) is 14.8. The monoisotopic (exact) mass is 437 g/mol. The average molecular weight is 437 g/mol. The topological polar surface area (TPSA) is 110 Å². The number of hydrazine groups is 1. The van der Waals surface area contributed by atoms with Crippen LogP contribution >= 0.6 is 0 Å². The molecule has 4 rings (SSSR count). The number of fused-ring (bicyclic) bond motifs is 1. The van der Waals surface area contributed by atoms with E-state index in [0.717, 1.165) is 10.9 Å². The van der Waals surface area contributed by atoms with Crippen molar-refractivity contribution < 1.29 is 22.4 Å². The molecule has 2 aromatic heterocycles. The lowest BCUT2D eigenvalue weighted by molar-refractivity contribution is 0.0831.